The highest BCUT2D eigenvalue weighted by molar-refractivity contribution is 6.04. The van der Waals surface area contributed by atoms with Crippen LogP contribution in [0, 0.1) is 19.7 Å². The predicted molar refractivity (Wildman–Crippen MR) is 112 cm³/mol. The number of ketones is 1. The molecule has 0 fully saturated rings. The summed E-state index contributed by atoms with van der Waals surface area (Å²) in [6.07, 6.45) is 0. The number of hydrogen-bond acceptors (Lipinski definition) is 5. The average molecular weight is 423 g/mol. The van der Waals surface area contributed by atoms with Gasteiger partial charge in [-0.25, -0.2) is 14.0 Å². The zero-order valence-electron chi connectivity index (χ0n) is 17.5. The molecule has 3 rings (SSSR count). The van der Waals surface area contributed by atoms with Crippen LogP contribution in [0.5, 0.6) is 0 Å². The molecule has 2 aromatic carbocycles. The van der Waals surface area contributed by atoms with E-state index >= 15 is 0 Å². The molecule has 0 spiro atoms. The number of carbonyl (C=O) groups is 3. The lowest BCUT2D eigenvalue weighted by Gasteiger charge is -2.10. The number of rotatable bonds is 7. The summed E-state index contributed by atoms with van der Waals surface area (Å²) >= 11 is 0. The van der Waals surface area contributed by atoms with Crippen LogP contribution in [0.25, 0.3) is 0 Å². The molecular formula is C24H22FNO5. The Morgan fingerprint density at radius 1 is 0.903 bits per heavy atom. The molecule has 1 aromatic heterocycles. The zero-order valence-corrected chi connectivity index (χ0v) is 17.5. The van der Waals surface area contributed by atoms with Crippen molar-refractivity contribution in [1.29, 1.82) is 0 Å². The molecule has 1 heterocycles. The van der Waals surface area contributed by atoms with Gasteiger partial charge in [-0.2, -0.15) is 0 Å². The first-order valence-electron chi connectivity index (χ1n) is 9.60. The molecular weight excluding hydrogens is 401 g/mol. The van der Waals surface area contributed by atoms with Gasteiger partial charge in [0.1, 0.15) is 5.82 Å². The van der Waals surface area contributed by atoms with E-state index in [-0.39, 0.29) is 22.7 Å². The van der Waals surface area contributed by atoms with Crippen LogP contribution >= 0.6 is 0 Å². The predicted octanol–water partition coefficient (Wildman–Crippen LogP) is 4.12. The number of methoxy groups -OCH3 is 1. The molecule has 0 bridgehead atoms. The van der Waals surface area contributed by atoms with E-state index < -0.39 is 18.5 Å². The number of Topliss-reactive ketones (excluding diaryl/α,β-unsaturated/α-hetero) is 1. The lowest BCUT2D eigenvalue weighted by molar-refractivity contribution is 0.0463. The third-order valence-electron chi connectivity index (χ3n) is 5.01. The maximum Gasteiger partial charge on any atom is 0.339 e. The first kappa shape index (κ1) is 22.0. The maximum absolute atomic E-state index is 13.1. The van der Waals surface area contributed by atoms with Crippen LogP contribution in [-0.2, 0) is 16.0 Å². The molecule has 0 N–H and O–H groups in total. The summed E-state index contributed by atoms with van der Waals surface area (Å²) < 4.78 is 24.9. The summed E-state index contributed by atoms with van der Waals surface area (Å²) in [5.74, 6) is -2.11. The molecule has 0 saturated heterocycles. The van der Waals surface area contributed by atoms with Crippen LogP contribution in [0.3, 0.4) is 0 Å². The maximum atomic E-state index is 13.1. The van der Waals surface area contributed by atoms with Gasteiger partial charge >= 0.3 is 11.9 Å². The van der Waals surface area contributed by atoms with E-state index in [1.165, 1.54) is 31.4 Å². The molecule has 0 aliphatic carbocycles. The molecule has 0 saturated carbocycles. The zero-order chi connectivity index (χ0) is 22.5. The Morgan fingerprint density at radius 3 is 2.13 bits per heavy atom. The quantitative estimate of drug-likeness (QED) is 0.422. The summed E-state index contributed by atoms with van der Waals surface area (Å²) in [6, 6.07) is 14.0. The fraction of sp³-hybridized carbons (Fsp3) is 0.208. The number of nitrogens with zero attached hydrogens (tertiary/aromatic N) is 1. The number of benzene rings is 2. The summed E-state index contributed by atoms with van der Waals surface area (Å²) in [6.45, 7) is 3.69. The minimum atomic E-state index is -0.783. The minimum Gasteiger partial charge on any atom is -0.465 e. The molecule has 6 nitrogen and oxygen atoms in total. The fourth-order valence-electron chi connectivity index (χ4n) is 3.33. The Kier molecular flexibility index (Phi) is 6.65. The SMILES string of the molecule is COC(=O)c1ccccc1C(=O)OCC(=O)c1cc(C)n(Cc2ccc(F)cc2)c1C. The highest BCUT2D eigenvalue weighted by Gasteiger charge is 2.21. The summed E-state index contributed by atoms with van der Waals surface area (Å²) in [4.78, 5) is 37.0. The van der Waals surface area contributed by atoms with Crippen molar-refractivity contribution in [3.63, 3.8) is 0 Å². The van der Waals surface area contributed by atoms with E-state index in [1.807, 2.05) is 11.5 Å². The molecule has 31 heavy (non-hydrogen) atoms. The topological polar surface area (TPSA) is 74.6 Å². The minimum absolute atomic E-state index is 0.0314. The number of aromatic nitrogens is 1. The van der Waals surface area contributed by atoms with Crippen molar-refractivity contribution in [3.8, 4) is 0 Å². The highest BCUT2D eigenvalue weighted by Crippen LogP contribution is 2.19. The Hall–Kier alpha value is -3.74. The van der Waals surface area contributed by atoms with Crippen LogP contribution in [0.2, 0.25) is 0 Å². The lowest BCUT2D eigenvalue weighted by atomic mass is 10.1. The van der Waals surface area contributed by atoms with Gasteiger partial charge in [-0.1, -0.05) is 24.3 Å². The van der Waals surface area contributed by atoms with Crippen molar-refractivity contribution in [3.05, 3.63) is 94.1 Å². The molecule has 0 unspecified atom stereocenters. The number of ether oxygens (including phenoxy) is 2. The summed E-state index contributed by atoms with van der Waals surface area (Å²) in [5.41, 5.74) is 3.01. The standard InChI is InChI=1S/C24H22FNO5/c1-15-12-21(16(2)26(15)13-17-8-10-18(25)11-9-17)22(27)14-31-24(29)20-7-5-4-6-19(20)23(28)30-3/h4-12H,13-14H2,1-3H3. The van der Waals surface area contributed by atoms with E-state index in [2.05, 4.69) is 4.74 Å². The van der Waals surface area contributed by atoms with Crippen LogP contribution in [0.15, 0.2) is 54.6 Å². The van der Waals surface area contributed by atoms with Gasteiger partial charge in [0.15, 0.2) is 6.61 Å². The molecule has 0 atom stereocenters. The van der Waals surface area contributed by atoms with Crippen molar-refractivity contribution in [1.82, 2.24) is 4.57 Å². The Balaban J connectivity index is 1.72. The number of aryl methyl sites for hydroxylation is 1. The van der Waals surface area contributed by atoms with E-state index in [9.17, 15) is 18.8 Å². The lowest BCUT2D eigenvalue weighted by Crippen LogP contribution is -2.17. The Labute approximate surface area is 179 Å². The van der Waals surface area contributed by atoms with Gasteiger partial charge in [0.2, 0.25) is 5.78 Å². The number of esters is 2. The summed E-state index contributed by atoms with van der Waals surface area (Å²) in [7, 11) is 1.22. The Bertz CT molecular complexity index is 1130. The van der Waals surface area contributed by atoms with E-state index in [1.54, 1.807) is 37.3 Å². The normalized spacial score (nSPS) is 10.6. The third kappa shape index (κ3) is 4.88. The first-order valence-corrected chi connectivity index (χ1v) is 9.60. The van der Waals surface area contributed by atoms with Crippen LogP contribution in [0.1, 0.15) is 48.0 Å². The summed E-state index contributed by atoms with van der Waals surface area (Å²) in [5, 5.41) is 0. The number of carbonyl (C=O) groups excluding carboxylic acids is 3. The van der Waals surface area contributed by atoms with E-state index in [0.29, 0.717) is 12.1 Å². The van der Waals surface area contributed by atoms with Gasteiger partial charge in [0, 0.05) is 23.5 Å². The van der Waals surface area contributed by atoms with Gasteiger partial charge in [-0.05, 0) is 49.7 Å². The van der Waals surface area contributed by atoms with Gasteiger partial charge < -0.3 is 14.0 Å². The molecule has 0 aliphatic rings. The third-order valence-corrected chi connectivity index (χ3v) is 5.01. The Morgan fingerprint density at radius 2 is 1.52 bits per heavy atom. The molecule has 0 amide bonds. The van der Waals surface area contributed by atoms with Crippen molar-refractivity contribution in [2.75, 3.05) is 13.7 Å². The van der Waals surface area contributed by atoms with E-state index in [0.717, 1.165) is 17.0 Å². The van der Waals surface area contributed by atoms with Crippen molar-refractivity contribution < 1.29 is 28.2 Å². The van der Waals surface area contributed by atoms with E-state index in [4.69, 9.17) is 4.74 Å². The highest BCUT2D eigenvalue weighted by atomic mass is 19.1. The number of halogens is 1. The van der Waals surface area contributed by atoms with Crippen molar-refractivity contribution in [2.45, 2.75) is 20.4 Å². The second-order valence-corrected chi connectivity index (χ2v) is 7.03. The number of hydrogen-bond donors (Lipinski definition) is 0. The first-order chi connectivity index (χ1) is 14.8. The second-order valence-electron chi connectivity index (χ2n) is 7.03. The van der Waals surface area contributed by atoms with Crippen LogP contribution < -0.4 is 0 Å². The average Bonchev–Trinajstić information content (AvgIpc) is 3.06. The van der Waals surface area contributed by atoms with Gasteiger partial charge in [-0.15, -0.1) is 0 Å². The molecule has 0 aliphatic heterocycles. The van der Waals surface area contributed by atoms with Crippen molar-refractivity contribution in [2.24, 2.45) is 0 Å². The molecule has 3 aromatic rings. The van der Waals surface area contributed by atoms with Gasteiger partial charge in [0.25, 0.3) is 0 Å². The van der Waals surface area contributed by atoms with Gasteiger partial charge in [0.05, 0.1) is 18.2 Å². The largest absolute Gasteiger partial charge is 0.465 e. The van der Waals surface area contributed by atoms with Crippen molar-refractivity contribution >= 4 is 17.7 Å². The molecule has 160 valence electrons. The van der Waals surface area contributed by atoms with Crippen LogP contribution in [0.4, 0.5) is 4.39 Å². The molecule has 7 heteroatoms. The smallest absolute Gasteiger partial charge is 0.339 e. The monoisotopic (exact) mass is 423 g/mol. The van der Waals surface area contributed by atoms with Crippen LogP contribution in [-0.4, -0.2) is 36.0 Å². The fourth-order valence-corrected chi connectivity index (χ4v) is 3.33. The second kappa shape index (κ2) is 9.38. The van der Waals surface area contributed by atoms with Gasteiger partial charge in [-0.3, -0.25) is 4.79 Å². The molecule has 0 radical (unpaired) electrons.